The van der Waals surface area contributed by atoms with Gasteiger partial charge < -0.3 is 19.1 Å². The van der Waals surface area contributed by atoms with Crippen molar-refractivity contribution >= 4 is 17.0 Å². The Morgan fingerprint density at radius 1 is 1.09 bits per heavy atom. The minimum atomic E-state index is -0.449. The van der Waals surface area contributed by atoms with Gasteiger partial charge in [0.25, 0.3) is 0 Å². The maximum absolute atomic E-state index is 13.1. The Labute approximate surface area is 203 Å². The topological polar surface area (TPSA) is 91.6 Å². The Morgan fingerprint density at radius 2 is 1.89 bits per heavy atom. The molecule has 1 aliphatic heterocycles. The van der Waals surface area contributed by atoms with E-state index in [9.17, 15) is 4.79 Å². The maximum atomic E-state index is 13.1. The molecule has 0 N–H and O–H groups in total. The van der Waals surface area contributed by atoms with Gasteiger partial charge in [0.2, 0.25) is 0 Å². The Hall–Kier alpha value is -3.98. The van der Waals surface area contributed by atoms with Crippen molar-refractivity contribution in [3.8, 4) is 34.0 Å². The molecule has 2 aromatic carbocycles. The molecule has 4 aromatic rings. The summed E-state index contributed by atoms with van der Waals surface area (Å²) in [6, 6.07) is 13.4. The Bertz CT molecular complexity index is 1370. The number of nitrogens with zero attached hydrogens (tertiary/aromatic N) is 5. The Morgan fingerprint density at radius 3 is 2.66 bits per heavy atom. The number of amides is 1. The van der Waals surface area contributed by atoms with E-state index in [0.29, 0.717) is 35.9 Å². The summed E-state index contributed by atoms with van der Waals surface area (Å²) in [7, 11) is 3.41. The summed E-state index contributed by atoms with van der Waals surface area (Å²) >= 11 is 0. The molecule has 0 radical (unpaired) electrons. The number of fused-ring (bicyclic) bond motifs is 1. The average molecular weight is 474 g/mol. The van der Waals surface area contributed by atoms with Gasteiger partial charge in [0.1, 0.15) is 12.0 Å². The number of benzene rings is 2. The van der Waals surface area contributed by atoms with Crippen molar-refractivity contribution in [1.82, 2.24) is 24.6 Å². The monoisotopic (exact) mass is 473 g/mol. The number of aryl methyl sites for hydroxylation is 1. The van der Waals surface area contributed by atoms with Crippen LogP contribution in [0.15, 0.2) is 55.0 Å². The van der Waals surface area contributed by atoms with Gasteiger partial charge in [-0.1, -0.05) is 30.3 Å². The molecular weight excluding hydrogens is 446 g/mol. The van der Waals surface area contributed by atoms with Crippen molar-refractivity contribution in [2.45, 2.75) is 26.0 Å². The third kappa shape index (κ3) is 4.42. The quantitative estimate of drug-likeness (QED) is 0.436. The van der Waals surface area contributed by atoms with E-state index >= 15 is 0 Å². The fraction of sp³-hybridized carbons (Fsp3) is 0.308. The van der Waals surface area contributed by atoms with Crippen LogP contribution >= 0.6 is 0 Å². The molecule has 0 spiro atoms. The number of aromatic nitrogens is 4. The van der Waals surface area contributed by atoms with Gasteiger partial charge in [0.15, 0.2) is 11.5 Å². The standard InChI is InChI=1S/C26H27N5O4/c1-16-14-34-17(2)12-31(16)26(32)35-23-10-19-21(11-22(23)33-4)27-15-28-25(19)20-13-30(3)29-24(20)18-8-6-5-7-9-18/h5-11,13,15-17H,12,14H2,1-4H3/t16-,17-/m0/s1. The molecule has 0 aliphatic carbocycles. The highest BCUT2D eigenvalue weighted by Crippen LogP contribution is 2.38. The molecule has 2 aromatic heterocycles. The molecule has 0 unspecified atom stereocenters. The Kier molecular flexibility index (Phi) is 6.08. The zero-order valence-electron chi connectivity index (χ0n) is 20.1. The summed E-state index contributed by atoms with van der Waals surface area (Å²) in [4.78, 5) is 23.8. The van der Waals surface area contributed by atoms with Crippen LogP contribution in [0.5, 0.6) is 11.5 Å². The fourth-order valence-corrected chi connectivity index (χ4v) is 4.30. The first-order valence-electron chi connectivity index (χ1n) is 11.5. The van der Waals surface area contributed by atoms with Crippen LogP contribution in [0, 0.1) is 0 Å². The number of morpholine rings is 1. The van der Waals surface area contributed by atoms with Crippen molar-refractivity contribution in [3.05, 3.63) is 55.0 Å². The molecule has 1 aliphatic rings. The van der Waals surface area contributed by atoms with Crippen LogP contribution in [0.4, 0.5) is 4.79 Å². The lowest BCUT2D eigenvalue weighted by Gasteiger charge is -2.35. The van der Waals surface area contributed by atoms with Gasteiger partial charge in [-0.15, -0.1) is 0 Å². The number of ether oxygens (including phenoxy) is 3. The third-order valence-corrected chi connectivity index (χ3v) is 6.09. The summed E-state index contributed by atoms with van der Waals surface area (Å²) in [5, 5.41) is 5.40. The molecule has 9 heteroatoms. The second kappa shape index (κ2) is 9.34. The van der Waals surface area contributed by atoms with Gasteiger partial charge in [-0.25, -0.2) is 14.8 Å². The van der Waals surface area contributed by atoms with E-state index in [1.807, 2.05) is 57.4 Å². The van der Waals surface area contributed by atoms with Crippen LogP contribution in [-0.2, 0) is 11.8 Å². The zero-order chi connectivity index (χ0) is 24.5. The smallest absolute Gasteiger partial charge is 0.415 e. The van der Waals surface area contributed by atoms with Crippen LogP contribution in [0.2, 0.25) is 0 Å². The molecule has 5 rings (SSSR count). The first-order valence-corrected chi connectivity index (χ1v) is 11.5. The van der Waals surface area contributed by atoms with Crippen LogP contribution in [0.1, 0.15) is 13.8 Å². The molecule has 1 amide bonds. The van der Waals surface area contributed by atoms with Crippen LogP contribution < -0.4 is 9.47 Å². The van der Waals surface area contributed by atoms with E-state index in [1.54, 1.807) is 21.7 Å². The maximum Gasteiger partial charge on any atom is 0.415 e. The first-order chi connectivity index (χ1) is 16.9. The summed E-state index contributed by atoms with van der Waals surface area (Å²) < 4.78 is 18.8. The number of methoxy groups -OCH3 is 1. The van der Waals surface area contributed by atoms with Gasteiger partial charge in [0.05, 0.1) is 43.6 Å². The summed E-state index contributed by atoms with van der Waals surface area (Å²) in [5.74, 6) is 0.719. The van der Waals surface area contributed by atoms with Gasteiger partial charge in [-0.3, -0.25) is 4.68 Å². The zero-order valence-corrected chi connectivity index (χ0v) is 20.1. The van der Waals surface area contributed by atoms with E-state index in [4.69, 9.17) is 14.2 Å². The van der Waals surface area contributed by atoms with E-state index in [0.717, 1.165) is 22.2 Å². The van der Waals surface area contributed by atoms with Gasteiger partial charge >= 0.3 is 6.09 Å². The first kappa shape index (κ1) is 22.8. The molecule has 2 atom stereocenters. The van der Waals surface area contributed by atoms with Crippen LogP contribution in [-0.4, -0.2) is 63.1 Å². The average Bonchev–Trinajstić information content (AvgIpc) is 3.26. The molecular formula is C26H27N5O4. The molecule has 180 valence electrons. The minimum absolute atomic E-state index is 0.0563. The van der Waals surface area contributed by atoms with Gasteiger partial charge in [-0.05, 0) is 19.9 Å². The normalized spacial score (nSPS) is 18.0. The highest BCUT2D eigenvalue weighted by atomic mass is 16.6. The van der Waals surface area contributed by atoms with Crippen LogP contribution in [0.25, 0.3) is 33.4 Å². The van der Waals surface area contributed by atoms with E-state index in [2.05, 4.69) is 15.1 Å². The predicted octanol–water partition coefficient (Wildman–Crippen LogP) is 4.31. The second-order valence-electron chi connectivity index (χ2n) is 8.69. The number of carbonyl (C=O) groups is 1. The van der Waals surface area contributed by atoms with Crippen molar-refractivity contribution < 1.29 is 19.0 Å². The number of carbonyl (C=O) groups excluding carboxylic acids is 1. The molecule has 0 saturated carbocycles. The van der Waals surface area contributed by atoms with E-state index in [1.165, 1.54) is 13.4 Å². The fourth-order valence-electron chi connectivity index (χ4n) is 4.30. The second-order valence-corrected chi connectivity index (χ2v) is 8.69. The van der Waals surface area contributed by atoms with Crippen molar-refractivity contribution in [1.29, 1.82) is 0 Å². The lowest BCUT2D eigenvalue weighted by molar-refractivity contribution is -0.0387. The SMILES string of the molecule is COc1cc2ncnc(-c3cn(C)nc3-c3ccccc3)c2cc1OC(=O)N1C[C@H](C)OC[C@@H]1C. The van der Waals surface area contributed by atoms with Crippen LogP contribution in [0.3, 0.4) is 0 Å². The molecule has 9 nitrogen and oxygen atoms in total. The Balaban J connectivity index is 1.59. The summed E-state index contributed by atoms with van der Waals surface area (Å²) in [6.07, 6.45) is 2.94. The molecule has 1 fully saturated rings. The number of hydrogen-bond donors (Lipinski definition) is 0. The third-order valence-electron chi connectivity index (χ3n) is 6.09. The lowest BCUT2D eigenvalue weighted by atomic mass is 10.0. The molecule has 3 heterocycles. The van der Waals surface area contributed by atoms with Crippen molar-refractivity contribution in [2.75, 3.05) is 20.3 Å². The number of hydrogen-bond acceptors (Lipinski definition) is 7. The predicted molar refractivity (Wildman–Crippen MR) is 131 cm³/mol. The van der Waals surface area contributed by atoms with Gasteiger partial charge in [0, 0.05) is 35.8 Å². The highest BCUT2D eigenvalue weighted by molar-refractivity contribution is 5.97. The summed E-state index contributed by atoms with van der Waals surface area (Å²) in [6.45, 7) is 4.79. The lowest BCUT2D eigenvalue weighted by Crippen LogP contribution is -2.51. The van der Waals surface area contributed by atoms with Crippen molar-refractivity contribution in [3.63, 3.8) is 0 Å². The highest BCUT2D eigenvalue weighted by Gasteiger charge is 2.30. The molecule has 35 heavy (non-hydrogen) atoms. The summed E-state index contributed by atoms with van der Waals surface area (Å²) in [5.41, 5.74) is 3.99. The van der Waals surface area contributed by atoms with E-state index < -0.39 is 6.09 Å². The number of rotatable bonds is 4. The molecule has 1 saturated heterocycles. The van der Waals surface area contributed by atoms with Gasteiger partial charge in [-0.2, -0.15) is 5.10 Å². The van der Waals surface area contributed by atoms with E-state index in [-0.39, 0.29) is 12.1 Å². The van der Waals surface area contributed by atoms with Crippen molar-refractivity contribution in [2.24, 2.45) is 7.05 Å². The molecule has 0 bridgehead atoms. The largest absolute Gasteiger partial charge is 0.493 e. The minimum Gasteiger partial charge on any atom is -0.493 e.